The second kappa shape index (κ2) is 9.03. The third kappa shape index (κ3) is 5.46. The number of benzene rings is 1. The average Bonchev–Trinajstić information content (AvgIpc) is 2.95. The fourth-order valence-corrected chi connectivity index (χ4v) is 2.68. The summed E-state index contributed by atoms with van der Waals surface area (Å²) in [5.74, 6) is 0.610. The van der Waals surface area contributed by atoms with Crippen LogP contribution in [0.2, 0.25) is 0 Å². The lowest BCUT2D eigenvalue weighted by Gasteiger charge is -2.17. The minimum atomic E-state index is -0.334. The van der Waals surface area contributed by atoms with E-state index in [1.807, 2.05) is 30.3 Å². The number of hydrogen-bond donors (Lipinski definition) is 3. The Morgan fingerprint density at radius 2 is 1.88 bits per heavy atom. The van der Waals surface area contributed by atoms with Gasteiger partial charge in [0.05, 0.1) is 12.1 Å². The number of aliphatic hydroxyl groups is 1. The van der Waals surface area contributed by atoms with Crippen LogP contribution in [0.5, 0.6) is 0 Å². The number of rotatable bonds is 8. The smallest absolute Gasteiger partial charge is 0.255 e. The van der Waals surface area contributed by atoms with Crippen molar-refractivity contribution in [3.63, 3.8) is 0 Å². The van der Waals surface area contributed by atoms with E-state index in [-0.39, 0.29) is 30.9 Å². The van der Waals surface area contributed by atoms with Crippen LogP contribution in [0.1, 0.15) is 39.8 Å². The Balaban J connectivity index is 1.83. The van der Waals surface area contributed by atoms with Gasteiger partial charge in [-0.05, 0) is 31.9 Å². The Hall–Kier alpha value is -2.60. The van der Waals surface area contributed by atoms with E-state index >= 15 is 0 Å². The van der Waals surface area contributed by atoms with Crippen molar-refractivity contribution in [3.8, 4) is 0 Å². The van der Waals surface area contributed by atoms with Crippen molar-refractivity contribution in [3.05, 3.63) is 59.0 Å². The summed E-state index contributed by atoms with van der Waals surface area (Å²) in [6.07, 6.45) is 0.560. The van der Waals surface area contributed by atoms with Gasteiger partial charge in [-0.3, -0.25) is 9.59 Å². The maximum absolute atomic E-state index is 12.1. The molecule has 1 aromatic heterocycles. The topological polar surface area (TPSA) is 91.6 Å². The van der Waals surface area contributed by atoms with Crippen molar-refractivity contribution in [2.24, 2.45) is 0 Å². The summed E-state index contributed by atoms with van der Waals surface area (Å²) < 4.78 is 5.31. The predicted octanol–water partition coefficient (Wildman–Crippen LogP) is 1.91. The van der Waals surface area contributed by atoms with E-state index in [4.69, 9.17) is 4.42 Å². The highest BCUT2D eigenvalue weighted by Gasteiger charge is 2.15. The normalized spacial score (nSPS) is 11.8. The Bertz CT molecular complexity index is 709. The van der Waals surface area contributed by atoms with Gasteiger partial charge >= 0.3 is 0 Å². The molecule has 6 heteroatoms. The van der Waals surface area contributed by atoms with E-state index in [2.05, 4.69) is 10.6 Å². The molecule has 0 spiro atoms. The van der Waals surface area contributed by atoms with Crippen LogP contribution < -0.4 is 10.6 Å². The molecule has 1 atom stereocenters. The number of carbonyl (C=O) groups is 2. The third-order valence-corrected chi connectivity index (χ3v) is 3.99. The van der Waals surface area contributed by atoms with Gasteiger partial charge in [-0.2, -0.15) is 0 Å². The van der Waals surface area contributed by atoms with Crippen LogP contribution >= 0.6 is 0 Å². The van der Waals surface area contributed by atoms with Gasteiger partial charge in [0.15, 0.2) is 0 Å². The largest absolute Gasteiger partial charge is 0.466 e. The number of nitrogens with one attached hydrogen (secondary N) is 2. The number of furan rings is 1. The summed E-state index contributed by atoms with van der Waals surface area (Å²) in [5, 5.41) is 14.6. The average molecular weight is 344 g/mol. The summed E-state index contributed by atoms with van der Waals surface area (Å²) in [6, 6.07) is 11.4. The van der Waals surface area contributed by atoms with Gasteiger partial charge in [0.1, 0.15) is 11.5 Å². The SMILES string of the molecule is Cc1cc(C(=O)NCC(=O)NCC(CCO)c2ccccc2)c(C)o1. The van der Waals surface area contributed by atoms with Crippen LogP contribution in [0, 0.1) is 13.8 Å². The summed E-state index contributed by atoms with van der Waals surface area (Å²) in [4.78, 5) is 24.1. The molecule has 1 aromatic carbocycles. The van der Waals surface area contributed by atoms with E-state index < -0.39 is 0 Å². The minimum Gasteiger partial charge on any atom is -0.466 e. The quantitative estimate of drug-likeness (QED) is 0.682. The molecule has 1 heterocycles. The highest BCUT2D eigenvalue weighted by molar-refractivity contribution is 5.97. The zero-order chi connectivity index (χ0) is 18.2. The molecular formula is C19H24N2O4. The van der Waals surface area contributed by atoms with Crippen molar-refractivity contribution in [1.29, 1.82) is 0 Å². The molecule has 25 heavy (non-hydrogen) atoms. The van der Waals surface area contributed by atoms with Gasteiger partial charge in [0, 0.05) is 19.1 Å². The molecule has 0 saturated carbocycles. The van der Waals surface area contributed by atoms with Gasteiger partial charge in [0.25, 0.3) is 5.91 Å². The van der Waals surface area contributed by atoms with Gasteiger partial charge in [-0.1, -0.05) is 30.3 Å². The molecular weight excluding hydrogens is 320 g/mol. The first-order valence-electron chi connectivity index (χ1n) is 8.29. The molecule has 2 aromatic rings. The Kier molecular flexibility index (Phi) is 6.77. The zero-order valence-electron chi connectivity index (χ0n) is 14.5. The molecule has 0 aliphatic heterocycles. The lowest BCUT2D eigenvalue weighted by molar-refractivity contribution is -0.120. The van der Waals surface area contributed by atoms with Gasteiger partial charge in [-0.15, -0.1) is 0 Å². The minimum absolute atomic E-state index is 0.0321. The number of carbonyl (C=O) groups excluding carboxylic acids is 2. The van der Waals surface area contributed by atoms with Crippen LogP contribution in [0.3, 0.4) is 0 Å². The molecule has 0 bridgehead atoms. The molecule has 6 nitrogen and oxygen atoms in total. The van der Waals surface area contributed by atoms with E-state index in [1.165, 1.54) is 0 Å². The Morgan fingerprint density at radius 1 is 1.16 bits per heavy atom. The molecule has 0 fully saturated rings. The molecule has 1 unspecified atom stereocenters. The molecule has 0 aliphatic rings. The van der Waals surface area contributed by atoms with Crippen LogP contribution in [-0.2, 0) is 4.79 Å². The van der Waals surface area contributed by atoms with E-state index in [0.29, 0.717) is 30.0 Å². The molecule has 0 saturated heterocycles. The predicted molar refractivity (Wildman–Crippen MR) is 94.4 cm³/mol. The van der Waals surface area contributed by atoms with Gasteiger partial charge in [0.2, 0.25) is 5.91 Å². The van der Waals surface area contributed by atoms with Crippen LogP contribution in [0.25, 0.3) is 0 Å². The first-order valence-corrected chi connectivity index (χ1v) is 8.29. The second-order valence-corrected chi connectivity index (χ2v) is 5.93. The number of aliphatic hydroxyl groups excluding tert-OH is 1. The van der Waals surface area contributed by atoms with Crippen molar-refractivity contribution in [2.75, 3.05) is 19.7 Å². The maximum Gasteiger partial charge on any atom is 0.255 e. The molecule has 0 aliphatic carbocycles. The van der Waals surface area contributed by atoms with E-state index in [9.17, 15) is 14.7 Å². The monoisotopic (exact) mass is 344 g/mol. The highest BCUT2D eigenvalue weighted by Crippen LogP contribution is 2.18. The maximum atomic E-state index is 12.1. The van der Waals surface area contributed by atoms with Crippen LogP contribution in [0.4, 0.5) is 0 Å². The standard InChI is InChI=1S/C19H24N2O4/c1-13-10-17(14(2)25-13)19(24)21-12-18(23)20-11-16(8-9-22)15-6-4-3-5-7-15/h3-7,10,16,22H,8-9,11-12H2,1-2H3,(H,20,23)(H,21,24). The lowest BCUT2D eigenvalue weighted by Crippen LogP contribution is -2.38. The Labute approximate surface area is 147 Å². The lowest BCUT2D eigenvalue weighted by atomic mass is 9.96. The molecule has 0 radical (unpaired) electrons. The number of amides is 2. The molecule has 2 amide bonds. The van der Waals surface area contributed by atoms with Gasteiger partial charge < -0.3 is 20.2 Å². The fourth-order valence-electron chi connectivity index (χ4n) is 2.68. The van der Waals surface area contributed by atoms with Gasteiger partial charge in [-0.25, -0.2) is 0 Å². The van der Waals surface area contributed by atoms with Crippen LogP contribution in [0.15, 0.2) is 40.8 Å². The summed E-state index contributed by atoms with van der Waals surface area (Å²) >= 11 is 0. The first-order chi connectivity index (χ1) is 12.0. The summed E-state index contributed by atoms with van der Waals surface area (Å²) in [7, 11) is 0. The number of aryl methyl sites for hydroxylation is 2. The van der Waals surface area contributed by atoms with Crippen molar-refractivity contribution in [2.45, 2.75) is 26.2 Å². The van der Waals surface area contributed by atoms with E-state index in [1.54, 1.807) is 19.9 Å². The van der Waals surface area contributed by atoms with Crippen molar-refractivity contribution < 1.29 is 19.1 Å². The molecule has 134 valence electrons. The molecule has 3 N–H and O–H groups in total. The highest BCUT2D eigenvalue weighted by atomic mass is 16.3. The van der Waals surface area contributed by atoms with Crippen molar-refractivity contribution in [1.82, 2.24) is 10.6 Å². The Morgan fingerprint density at radius 3 is 2.48 bits per heavy atom. The zero-order valence-corrected chi connectivity index (χ0v) is 14.5. The van der Waals surface area contributed by atoms with Crippen molar-refractivity contribution >= 4 is 11.8 Å². The van der Waals surface area contributed by atoms with Crippen LogP contribution in [-0.4, -0.2) is 36.6 Å². The third-order valence-electron chi connectivity index (χ3n) is 3.99. The number of hydrogen-bond acceptors (Lipinski definition) is 4. The second-order valence-electron chi connectivity index (χ2n) is 5.93. The summed E-state index contributed by atoms with van der Waals surface area (Å²) in [5.41, 5.74) is 1.50. The summed E-state index contributed by atoms with van der Waals surface area (Å²) in [6.45, 7) is 3.82. The van der Waals surface area contributed by atoms with E-state index in [0.717, 1.165) is 5.56 Å². The first kappa shape index (κ1) is 18.7. The molecule has 2 rings (SSSR count). The fraction of sp³-hybridized carbons (Fsp3) is 0.368.